The maximum absolute atomic E-state index is 14.0. The fourth-order valence-corrected chi connectivity index (χ4v) is 2.17. The predicted molar refractivity (Wildman–Crippen MR) is 76.3 cm³/mol. The molecular weight excluding hydrogens is 282 g/mol. The van der Waals surface area contributed by atoms with Crippen molar-refractivity contribution >= 4 is 11.6 Å². The van der Waals surface area contributed by atoms with Gasteiger partial charge in [-0.2, -0.15) is 0 Å². The zero-order chi connectivity index (χ0) is 14.7. The van der Waals surface area contributed by atoms with Crippen LogP contribution in [0.25, 0.3) is 0 Å². The van der Waals surface area contributed by atoms with Crippen molar-refractivity contribution in [3.8, 4) is 0 Å². The zero-order valence-electron chi connectivity index (χ0n) is 11.0. The highest BCUT2D eigenvalue weighted by Gasteiger charge is 2.19. The van der Waals surface area contributed by atoms with Gasteiger partial charge in [-0.05, 0) is 36.6 Å². The zero-order valence-corrected chi connectivity index (χ0v) is 11.7. The minimum atomic E-state index is -0.859. The number of hydrogen-bond donors (Lipinski definition) is 2. The van der Waals surface area contributed by atoms with Crippen LogP contribution in [-0.4, -0.2) is 0 Å². The summed E-state index contributed by atoms with van der Waals surface area (Å²) in [7, 11) is 0. The maximum Gasteiger partial charge on any atom is 0.163 e. The lowest BCUT2D eigenvalue weighted by Gasteiger charge is -2.18. The number of rotatable bonds is 4. The summed E-state index contributed by atoms with van der Waals surface area (Å²) in [6.07, 6.45) is 0.438. The van der Waals surface area contributed by atoms with E-state index in [-0.39, 0.29) is 11.1 Å². The monoisotopic (exact) mass is 296 g/mol. The molecule has 3 N–H and O–H groups in total. The van der Waals surface area contributed by atoms with Gasteiger partial charge in [-0.3, -0.25) is 11.3 Å². The second-order valence-corrected chi connectivity index (χ2v) is 5.09. The number of halogens is 3. The summed E-state index contributed by atoms with van der Waals surface area (Å²) in [5, 5.41) is 0.624. The van der Waals surface area contributed by atoms with Crippen molar-refractivity contribution in [2.45, 2.75) is 19.4 Å². The van der Waals surface area contributed by atoms with Gasteiger partial charge in [-0.25, -0.2) is 8.78 Å². The first-order chi connectivity index (χ1) is 9.52. The first-order valence-electron chi connectivity index (χ1n) is 6.18. The molecule has 20 heavy (non-hydrogen) atoms. The largest absolute Gasteiger partial charge is 0.271 e. The van der Waals surface area contributed by atoms with Gasteiger partial charge in [0.25, 0.3) is 0 Å². The lowest BCUT2D eigenvalue weighted by atomic mass is 9.97. The Morgan fingerprint density at radius 3 is 2.35 bits per heavy atom. The average Bonchev–Trinajstić information content (AvgIpc) is 2.45. The van der Waals surface area contributed by atoms with Gasteiger partial charge in [-0.1, -0.05) is 35.9 Å². The van der Waals surface area contributed by atoms with Crippen LogP contribution in [-0.2, 0) is 6.42 Å². The van der Waals surface area contributed by atoms with Crippen LogP contribution >= 0.6 is 11.6 Å². The molecule has 0 bridgehead atoms. The van der Waals surface area contributed by atoms with Gasteiger partial charge in [-0.15, -0.1) is 0 Å². The first-order valence-corrected chi connectivity index (χ1v) is 6.55. The van der Waals surface area contributed by atoms with Crippen LogP contribution in [0.2, 0.25) is 5.02 Å². The topological polar surface area (TPSA) is 38.0 Å². The third-order valence-corrected chi connectivity index (χ3v) is 3.49. The molecule has 1 unspecified atom stereocenters. The molecule has 0 amide bonds. The number of nitrogens with two attached hydrogens (primary N) is 1. The third kappa shape index (κ3) is 3.15. The fourth-order valence-electron chi connectivity index (χ4n) is 2.04. The highest BCUT2D eigenvalue weighted by molar-refractivity contribution is 6.30. The molecule has 106 valence electrons. The van der Waals surface area contributed by atoms with Crippen LogP contribution in [0.5, 0.6) is 0 Å². The normalized spacial score (nSPS) is 12.4. The summed E-state index contributed by atoms with van der Waals surface area (Å²) in [5.41, 5.74) is 3.94. The summed E-state index contributed by atoms with van der Waals surface area (Å²) in [5.74, 6) is 3.78. The van der Waals surface area contributed by atoms with E-state index in [0.717, 1.165) is 5.56 Å². The van der Waals surface area contributed by atoms with Crippen molar-refractivity contribution in [3.05, 3.63) is 69.7 Å². The fraction of sp³-hybridized carbons (Fsp3) is 0.200. The molecule has 0 saturated heterocycles. The molecule has 2 nitrogen and oxygen atoms in total. The molecule has 0 aliphatic heterocycles. The number of hydrogen-bond acceptors (Lipinski definition) is 2. The lowest BCUT2D eigenvalue weighted by Crippen LogP contribution is -2.30. The van der Waals surface area contributed by atoms with Gasteiger partial charge >= 0.3 is 0 Å². The molecular formula is C15H15ClF2N2. The second-order valence-electron chi connectivity index (χ2n) is 4.65. The van der Waals surface area contributed by atoms with E-state index in [4.69, 9.17) is 17.4 Å². The molecule has 2 aromatic carbocycles. The highest BCUT2D eigenvalue weighted by atomic mass is 35.5. The summed E-state index contributed by atoms with van der Waals surface area (Å²) in [6, 6.07) is 9.73. The molecule has 0 heterocycles. The summed E-state index contributed by atoms with van der Waals surface area (Å²) < 4.78 is 27.6. The Morgan fingerprint density at radius 2 is 1.75 bits per heavy atom. The molecule has 0 fully saturated rings. The Kier molecular flexibility index (Phi) is 4.70. The van der Waals surface area contributed by atoms with E-state index in [1.54, 1.807) is 24.3 Å². The Balaban J connectivity index is 2.29. The van der Waals surface area contributed by atoms with E-state index in [2.05, 4.69) is 5.43 Å². The van der Waals surface area contributed by atoms with Crippen LogP contribution in [0.1, 0.15) is 22.7 Å². The molecule has 0 aromatic heterocycles. The lowest BCUT2D eigenvalue weighted by molar-refractivity contribution is 0.461. The molecule has 5 heteroatoms. The number of nitrogens with one attached hydrogen (secondary N) is 1. The average molecular weight is 297 g/mol. The van der Waals surface area contributed by atoms with Gasteiger partial charge in [0.15, 0.2) is 11.6 Å². The Hall–Kier alpha value is -1.49. The van der Waals surface area contributed by atoms with Crippen LogP contribution in [0.3, 0.4) is 0 Å². The van der Waals surface area contributed by atoms with E-state index in [0.29, 0.717) is 11.4 Å². The molecule has 0 radical (unpaired) electrons. The third-order valence-electron chi connectivity index (χ3n) is 3.23. The maximum atomic E-state index is 14.0. The molecule has 2 aromatic rings. The second kappa shape index (κ2) is 6.31. The molecule has 0 saturated carbocycles. The van der Waals surface area contributed by atoms with E-state index in [1.807, 2.05) is 12.1 Å². The summed E-state index contributed by atoms with van der Waals surface area (Å²) >= 11 is 5.81. The first kappa shape index (κ1) is 14.9. The Labute approximate surface area is 121 Å². The number of hydrazine groups is 1. The quantitative estimate of drug-likeness (QED) is 0.667. The Bertz CT molecular complexity index is 600. The minimum absolute atomic E-state index is 0.213. The van der Waals surface area contributed by atoms with Gasteiger partial charge in [0.05, 0.1) is 6.04 Å². The van der Waals surface area contributed by atoms with Crippen molar-refractivity contribution in [3.63, 3.8) is 0 Å². The van der Waals surface area contributed by atoms with Crippen molar-refractivity contribution < 1.29 is 8.78 Å². The number of aryl methyl sites for hydroxylation is 1. The van der Waals surface area contributed by atoms with Crippen LogP contribution in [0, 0.1) is 18.6 Å². The van der Waals surface area contributed by atoms with E-state index >= 15 is 0 Å². The van der Waals surface area contributed by atoms with E-state index in [1.165, 1.54) is 6.92 Å². The van der Waals surface area contributed by atoms with E-state index < -0.39 is 17.7 Å². The molecule has 2 rings (SSSR count). The summed E-state index contributed by atoms with van der Waals surface area (Å²) in [6.45, 7) is 1.52. The van der Waals surface area contributed by atoms with Crippen molar-refractivity contribution in [1.82, 2.24) is 5.43 Å². The number of benzene rings is 2. The minimum Gasteiger partial charge on any atom is -0.271 e. The predicted octanol–water partition coefficient (Wildman–Crippen LogP) is 3.67. The molecule has 0 aliphatic carbocycles. The van der Waals surface area contributed by atoms with Gasteiger partial charge in [0.2, 0.25) is 0 Å². The highest BCUT2D eigenvalue weighted by Crippen LogP contribution is 2.24. The van der Waals surface area contributed by atoms with Crippen molar-refractivity contribution in [2.24, 2.45) is 5.84 Å². The van der Waals surface area contributed by atoms with E-state index in [9.17, 15) is 8.78 Å². The van der Waals surface area contributed by atoms with Gasteiger partial charge in [0.1, 0.15) is 0 Å². The SMILES string of the molecule is Cc1ccc(C(Cc2ccc(Cl)cc2)NN)c(F)c1F. The van der Waals surface area contributed by atoms with Crippen LogP contribution in [0.4, 0.5) is 8.78 Å². The molecule has 0 aliphatic rings. The molecule has 1 atom stereocenters. The van der Waals surface area contributed by atoms with Gasteiger partial charge < -0.3 is 0 Å². The molecule has 0 spiro atoms. The standard InChI is InChI=1S/C15H15ClF2N2/c1-9-2-7-12(15(18)14(9)17)13(20-19)8-10-3-5-11(16)6-4-10/h2-7,13,20H,8,19H2,1H3. The van der Waals surface area contributed by atoms with Crippen molar-refractivity contribution in [1.29, 1.82) is 0 Å². The van der Waals surface area contributed by atoms with Crippen LogP contribution < -0.4 is 11.3 Å². The summed E-state index contributed by atoms with van der Waals surface area (Å²) in [4.78, 5) is 0. The van der Waals surface area contributed by atoms with Crippen LogP contribution in [0.15, 0.2) is 36.4 Å². The van der Waals surface area contributed by atoms with Crippen molar-refractivity contribution in [2.75, 3.05) is 0 Å². The Morgan fingerprint density at radius 1 is 1.10 bits per heavy atom. The smallest absolute Gasteiger partial charge is 0.163 e. The van der Waals surface area contributed by atoms with Gasteiger partial charge in [0, 0.05) is 10.6 Å².